The minimum absolute atomic E-state index is 0.0161. The van der Waals surface area contributed by atoms with Crippen LogP contribution in [0, 0.1) is 0 Å². The van der Waals surface area contributed by atoms with Gasteiger partial charge in [-0.3, -0.25) is 9.59 Å². The third kappa shape index (κ3) is 5.20. The van der Waals surface area contributed by atoms with E-state index in [1.807, 2.05) is 30.3 Å². The van der Waals surface area contributed by atoms with E-state index in [0.717, 1.165) is 5.56 Å². The molecule has 0 bridgehead atoms. The predicted molar refractivity (Wildman–Crippen MR) is 123 cm³/mol. The monoisotopic (exact) mass is 474 g/mol. The van der Waals surface area contributed by atoms with Gasteiger partial charge in [-0.2, -0.15) is 0 Å². The maximum atomic E-state index is 12.8. The molecule has 1 heterocycles. The lowest BCUT2D eigenvalue weighted by Crippen LogP contribution is -2.29. The van der Waals surface area contributed by atoms with Gasteiger partial charge in [0.15, 0.2) is 21.3 Å². The summed E-state index contributed by atoms with van der Waals surface area (Å²) in [6.07, 6.45) is 0.0161. The molecule has 0 saturated carbocycles. The molecular formula is C23H23ClN2O5S. The first-order valence-corrected chi connectivity index (χ1v) is 11.9. The van der Waals surface area contributed by atoms with Gasteiger partial charge in [0.05, 0.1) is 15.7 Å². The van der Waals surface area contributed by atoms with Crippen molar-refractivity contribution in [2.45, 2.75) is 17.9 Å². The molecule has 1 N–H and O–H groups in total. The SMILES string of the molecule is CNC(=O)c1c(OCc2ccccc2)c(=O)cc(CCS(=O)(=O)c2ccccc2Cl)n1C. The zero-order chi connectivity index (χ0) is 23.3. The van der Waals surface area contributed by atoms with E-state index in [1.165, 1.54) is 29.8 Å². The minimum Gasteiger partial charge on any atom is -0.483 e. The summed E-state index contributed by atoms with van der Waals surface area (Å²) in [6, 6.07) is 16.7. The molecule has 3 rings (SSSR count). The fraction of sp³-hybridized carbons (Fsp3) is 0.217. The normalized spacial score (nSPS) is 11.2. The van der Waals surface area contributed by atoms with Gasteiger partial charge < -0.3 is 14.6 Å². The molecule has 0 fully saturated rings. The molecule has 9 heteroatoms. The summed E-state index contributed by atoms with van der Waals surface area (Å²) in [6.45, 7) is 0.111. The average molecular weight is 475 g/mol. The van der Waals surface area contributed by atoms with Crippen LogP contribution < -0.4 is 15.5 Å². The molecule has 1 amide bonds. The van der Waals surface area contributed by atoms with E-state index in [0.29, 0.717) is 5.69 Å². The van der Waals surface area contributed by atoms with Gasteiger partial charge in [-0.05, 0) is 17.7 Å². The highest BCUT2D eigenvalue weighted by atomic mass is 35.5. The summed E-state index contributed by atoms with van der Waals surface area (Å²) in [5.74, 6) is -0.876. The topological polar surface area (TPSA) is 94.5 Å². The number of benzene rings is 2. The Hall–Kier alpha value is -3.10. The highest BCUT2D eigenvalue weighted by Crippen LogP contribution is 2.23. The molecule has 1 aromatic heterocycles. The summed E-state index contributed by atoms with van der Waals surface area (Å²) >= 11 is 6.03. The molecule has 32 heavy (non-hydrogen) atoms. The van der Waals surface area contributed by atoms with Crippen LogP contribution in [-0.4, -0.2) is 31.7 Å². The van der Waals surface area contributed by atoms with Crippen molar-refractivity contribution in [1.82, 2.24) is 9.88 Å². The van der Waals surface area contributed by atoms with Crippen LogP contribution in [-0.2, 0) is 29.9 Å². The van der Waals surface area contributed by atoms with Crippen LogP contribution in [0.25, 0.3) is 0 Å². The lowest BCUT2D eigenvalue weighted by Gasteiger charge is -2.18. The Morgan fingerprint density at radius 1 is 1.09 bits per heavy atom. The number of rotatable bonds is 8. The van der Waals surface area contributed by atoms with Crippen molar-refractivity contribution in [2.75, 3.05) is 12.8 Å². The molecule has 0 saturated heterocycles. The van der Waals surface area contributed by atoms with Gasteiger partial charge in [0.1, 0.15) is 6.61 Å². The number of nitrogens with zero attached hydrogens (tertiary/aromatic N) is 1. The molecule has 0 unspecified atom stereocenters. The van der Waals surface area contributed by atoms with E-state index < -0.39 is 21.2 Å². The summed E-state index contributed by atoms with van der Waals surface area (Å²) in [4.78, 5) is 25.4. The molecule has 3 aromatic rings. The zero-order valence-corrected chi connectivity index (χ0v) is 19.2. The van der Waals surface area contributed by atoms with Gasteiger partial charge in [-0.15, -0.1) is 0 Å². The number of aryl methyl sites for hydroxylation is 1. The number of amides is 1. The molecular weight excluding hydrogens is 452 g/mol. The van der Waals surface area contributed by atoms with Crippen LogP contribution in [0.1, 0.15) is 21.7 Å². The van der Waals surface area contributed by atoms with Crippen molar-refractivity contribution in [3.63, 3.8) is 0 Å². The summed E-state index contributed by atoms with van der Waals surface area (Å²) < 4.78 is 32.7. The number of nitrogens with one attached hydrogen (secondary N) is 1. The Labute approximate surface area is 191 Å². The minimum atomic E-state index is -3.69. The van der Waals surface area contributed by atoms with Gasteiger partial charge in [0, 0.05) is 32.3 Å². The fourth-order valence-electron chi connectivity index (χ4n) is 3.26. The summed E-state index contributed by atoms with van der Waals surface area (Å²) in [7, 11) is -0.652. The number of aromatic nitrogens is 1. The van der Waals surface area contributed by atoms with Crippen LogP contribution >= 0.6 is 11.6 Å². The van der Waals surface area contributed by atoms with Gasteiger partial charge in [-0.1, -0.05) is 54.1 Å². The number of pyridine rings is 1. The largest absolute Gasteiger partial charge is 0.483 e. The molecule has 168 valence electrons. The van der Waals surface area contributed by atoms with Gasteiger partial charge in [0.25, 0.3) is 5.91 Å². The number of halogens is 1. The van der Waals surface area contributed by atoms with E-state index >= 15 is 0 Å². The number of hydrogen-bond donors (Lipinski definition) is 1. The summed E-state index contributed by atoms with van der Waals surface area (Å²) in [5, 5.41) is 2.64. The van der Waals surface area contributed by atoms with Crippen molar-refractivity contribution in [3.05, 3.63) is 92.9 Å². The molecule has 0 atom stereocenters. The van der Waals surface area contributed by atoms with Crippen LogP contribution in [0.5, 0.6) is 5.75 Å². The lowest BCUT2D eigenvalue weighted by atomic mass is 10.2. The highest BCUT2D eigenvalue weighted by Gasteiger charge is 2.23. The number of carbonyl (C=O) groups excluding carboxylic acids is 1. The Bertz CT molecular complexity index is 1290. The van der Waals surface area contributed by atoms with Crippen molar-refractivity contribution in [3.8, 4) is 5.75 Å². The summed E-state index contributed by atoms with van der Waals surface area (Å²) in [5.41, 5.74) is 0.757. The highest BCUT2D eigenvalue weighted by molar-refractivity contribution is 7.91. The second kappa shape index (κ2) is 10.0. The molecule has 0 aliphatic rings. The standard InChI is InChI=1S/C23H23ClN2O5S/c1-25-23(28)21-22(31-15-16-8-4-3-5-9-16)19(27)14-17(26(21)2)12-13-32(29,30)20-11-7-6-10-18(20)24/h3-11,14H,12-13,15H2,1-2H3,(H,25,28). The maximum Gasteiger partial charge on any atom is 0.271 e. The Balaban J connectivity index is 1.92. The maximum absolute atomic E-state index is 12.8. The molecule has 0 spiro atoms. The number of ether oxygens (including phenoxy) is 1. The second-order valence-corrected chi connectivity index (χ2v) is 9.57. The van der Waals surface area contributed by atoms with Crippen LogP contribution in [0.3, 0.4) is 0 Å². The Morgan fingerprint density at radius 2 is 1.75 bits per heavy atom. The Kier molecular flexibility index (Phi) is 7.37. The smallest absolute Gasteiger partial charge is 0.271 e. The number of carbonyl (C=O) groups is 1. The first kappa shape index (κ1) is 23.6. The number of sulfone groups is 1. The lowest BCUT2D eigenvalue weighted by molar-refractivity contribution is 0.0948. The van der Waals surface area contributed by atoms with E-state index in [-0.39, 0.29) is 40.1 Å². The molecule has 0 radical (unpaired) electrons. The van der Waals surface area contributed by atoms with Crippen molar-refractivity contribution in [1.29, 1.82) is 0 Å². The fourth-order valence-corrected chi connectivity index (χ4v) is 5.09. The quantitative estimate of drug-likeness (QED) is 0.541. The van der Waals surface area contributed by atoms with Crippen LogP contribution in [0.4, 0.5) is 0 Å². The van der Waals surface area contributed by atoms with Gasteiger partial charge >= 0.3 is 0 Å². The third-order valence-electron chi connectivity index (χ3n) is 4.97. The third-order valence-corrected chi connectivity index (χ3v) is 7.18. The predicted octanol–water partition coefficient (Wildman–Crippen LogP) is 2.99. The molecule has 0 aliphatic heterocycles. The second-order valence-electron chi connectivity index (χ2n) is 7.09. The van der Waals surface area contributed by atoms with E-state index in [1.54, 1.807) is 19.2 Å². The van der Waals surface area contributed by atoms with E-state index in [2.05, 4.69) is 5.32 Å². The number of hydrogen-bond acceptors (Lipinski definition) is 5. The van der Waals surface area contributed by atoms with Crippen molar-refractivity contribution < 1.29 is 17.9 Å². The molecule has 0 aliphatic carbocycles. The Morgan fingerprint density at radius 3 is 2.41 bits per heavy atom. The first-order valence-electron chi connectivity index (χ1n) is 9.83. The van der Waals surface area contributed by atoms with Crippen LogP contribution in [0.15, 0.2) is 70.4 Å². The average Bonchev–Trinajstić information content (AvgIpc) is 2.78. The van der Waals surface area contributed by atoms with E-state index in [4.69, 9.17) is 16.3 Å². The van der Waals surface area contributed by atoms with Crippen molar-refractivity contribution >= 4 is 27.3 Å². The molecule has 7 nitrogen and oxygen atoms in total. The van der Waals surface area contributed by atoms with Crippen LogP contribution in [0.2, 0.25) is 5.02 Å². The van der Waals surface area contributed by atoms with E-state index in [9.17, 15) is 18.0 Å². The van der Waals surface area contributed by atoms with Crippen molar-refractivity contribution in [2.24, 2.45) is 7.05 Å². The molecule has 2 aromatic carbocycles. The first-order chi connectivity index (χ1) is 15.2. The zero-order valence-electron chi connectivity index (χ0n) is 17.7. The van der Waals surface area contributed by atoms with Gasteiger partial charge in [-0.25, -0.2) is 8.42 Å². The van der Waals surface area contributed by atoms with Gasteiger partial charge in [0.2, 0.25) is 5.43 Å².